The number of urea groups is 1. The van der Waals surface area contributed by atoms with Gasteiger partial charge in [-0.25, -0.2) is 9.18 Å². The van der Waals surface area contributed by atoms with Crippen molar-refractivity contribution in [2.75, 3.05) is 31.6 Å². The standard InChI is InChI=1S/C24H27FN4O4/c25-20-4-1-18-14-29(15-19(18)13-20)24(33)27-21-5-2-16(3-6-21)17-7-10-28(11-8-17)23(32)22(31)26-9-12-30/h1-6,13,17,30H,7-12,14-15H2,(H,26,31)(H,27,33). The maximum Gasteiger partial charge on any atom is 0.322 e. The van der Waals surface area contributed by atoms with E-state index in [2.05, 4.69) is 10.6 Å². The lowest BCUT2D eigenvalue weighted by Crippen LogP contribution is -2.46. The largest absolute Gasteiger partial charge is 0.395 e. The van der Waals surface area contributed by atoms with Crippen molar-refractivity contribution < 1.29 is 23.9 Å². The molecule has 1 saturated heterocycles. The van der Waals surface area contributed by atoms with E-state index in [0.29, 0.717) is 31.9 Å². The van der Waals surface area contributed by atoms with Crippen LogP contribution >= 0.6 is 0 Å². The number of hydrogen-bond acceptors (Lipinski definition) is 4. The molecule has 2 aromatic rings. The van der Waals surface area contributed by atoms with Crippen molar-refractivity contribution in [2.45, 2.75) is 31.8 Å². The molecule has 174 valence electrons. The van der Waals surface area contributed by atoms with Crippen molar-refractivity contribution in [3.8, 4) is 0 Å². The van der Waals surface area contributed by atoms with Crippen LogP contribution in [0.3, 0.4) is 0 Å². The highest BCUT2D eigenvalue weighted by molar-refractivity contribution is 6.35. The summed E-state index contributed by atoms with van der Waals surface area (Å²) in [6.45, 7) is 1.67. The zero-order valence-electron chi connectivity index (χ0n) is 18.2. The van der Waals surface area contributed by atoms with Gasteiger partial charge in [0.25, 0.3) is 0 Å². The Morgan fingerprint density at radius 3 is 2.36 bits per heavy atom. The fraction of sp³-hybridized carbons (Fsp3) is 0.375. The van der Waals surface area contributed by atoms with Gasteiger partial charge in [0.05, 0.1) is 6.61 Å². The highest BCUT2D eigenvalue weighted by Crippen LogP contribution is 2.29. The summed E-state index contributed by atoms with van der Waals surface area (Å²) in [7, 11) is 0. The SMILES string of the molecule is O=C(NCCO)C(=O)N1CCC(c2ccc(NC(=O)N3Cc4ccc(F)cc4C3)cc2)CC1. The third-order valence-corrected chi connectivity index (χ3v) is 6.19. The summed E-state index contributed by atoms with van der Waals surface area (Å²) in [6.07, 6.45) is 1.49. The Morgan fingerprint density at radius 1 is 0.970 bits per heavy atom. The molecule has 0 unspecified atom stereocenters. The first-order valence-corrected chi connectivity index (χ1v) is 11.1. The van der Waals surface area contributed by atoms with E-state index >= 15 is 0 Å². The van der Waals surface area contributed by atoms with Crippen LogP contribution in [0, 0.1) is 5.82 Å². The zero-order valence-corrected chi connectivity index (χ0v) is 18.2. The molecule has 0 bridgehead atoms. The van der Waals surface area contributed by atoms with Crippen LogP contribution in [0.5, 0.6) is 0 Å². The number of halogens is 1. The van der Waals surface area contributed by atoms with Crippen LogP contribution in [-0.4, -0.2) is 59.0 Å². The number of nitrogens with one attached hydrogen (secondary N) is 2. The fourth-order valence-corrected chi connectivity index (χ4v) is 4.35. The van der Waals surface area contributed by atoms with Gasteiger partial charge in [0.2, 0.25) is 0 Å². The third-order valence-electron chi connectivity index (χ3n) is 6.19. The Balaban J connectivity index is 1.27. The summed E-state index contributed by atoms with van der Waals surface area (Å²) in [5, 5.41) is 14.0. The van der Waals surface area contributed by atoms with Gasteiger partial charge in [0.1, 0.15) is 5.82 Å². The van der Waals surface area contributed by atoms with E-state index in [1.807, 2.05) is 24.3 Å². The molecule has 1 fully saturated rings. The van der Waals surface area contributed by atoms with Gasteiger partial charge in [-0.2, -0.15) is 0 Å². The van der Waals surface area contributed by atoms with Crippen molar-refractivity contribution in [2.24, 2.45) is 0 Å². The van der Waals surface area contributed by atoms with Gasteiger partial charge >= 0.3 is 17.8 Å². The Hall–Kier alpha value is -3.46. The van der Waals surface area contributed by atoms with Gasteiger partial charge in [0, 0.05) is 38.4 Å². The summed E-state index contributed by atoms with van der Waals surface area (Å²) in [6, 6.07) is 12.0. The number of amides is 4. The molecule has 33 heavy (non-hydrogen) atoms. The molecule has 2 aromatic carbocycles. The van der Waals surface area contributed by atoms with E-state index in [1.54, 1.807) is 11.0 Å². The average Bonchev–Trinajstić information content (AvgIpc) is 3.26. The molecule has 0 spiro atoms. The topological polar surface area (TPSA) is 102 Å². The van der Waals surface area contributed by atoms with Crippen LogP contribution in [0.25, 0.3) is 0 Å². The second kappa shape index (κ2) is 9.99. The number of carbonyl (C=O) groups excluding carboxylic acids is 3. The summed E-state index contributed by atoms with van der Waals surface area (Å²) in [4.78, 5) is 39.7. The van der Waals surface area contributed by atoms with E-state index in [1.165, 1.54) is 17.0 Å². The predicted octanol–water partition coefficient (Wildman–Crippen LogP) is 2.19. The summed E-state index contributed by atoms with van der Waals surface area (Å²) >= 11 is 0. The van der Waals surface area contributed by atoms with Crippen LogP contribution in [0.1, 0.15) is 35.4 Å². The highest BCUT2D eigenvalue weighted by atomic mass is 19.1. The Bertz CT molecular complexity index is 1040. The number of likely N-dealkylation sites (tertiary alicyclic amines) is 1. The normalized spacial score (nSPS) is 15.8. The lowest BCUT2D eigenvalue weighted by atomic mass is 9.89. The molecule has 2 aliphatic heterocycles. The predicted molar refractivity (Wildman–Crippen MR) is 120 cm³/mol. The van der Waals surface area contributed by atoms with Crippen molar-refractivity contribution in [3.05, 3.63) is 65.0 Å². The van der Waals surface area contributed by atoms with Gasteiger partial charge in [-0.3, -0.25) is 9.59 Å². The Labute approximate surface area is 191 Å². The second-order valence-electron chi connectivity index (χ2n) is 8.37. The first kappa shape index (κ1) is 22.7. The fourth-order valence-electron chi connectivity index (χ4n) is 4.35. The quantitative estimate of drug-likeness (QED) is 0.617. The monoisotopic (exact) mass is 454 g/mol. The molecule has 0 saturated carbocycles. The molecule has 2 aliphatic rings. The summed E-state index contributed by atoms with van der Waals surface area (Å²) < 4.78 is 13.4. The molecule has 2 heterocycles. The van der Waals surface area contributed by atoms with Crippen LogP contribution in [0.2, 0.25) is 0 Å². The first-order valence-electron chi connectivity index (χ1n) is 11.1. The van der Waals surface area contributed by atoms with E-state index < -0.39 is 11.8 Å². The van der Waals surface area contributed by atoms with Gasteiger partial charge in [0.15, 0.2) is 0 Å². The van der Waals surface area contributed by atoms with Gasteiger partial charge in [-0.1, -0.05) is 18.2 Å². The van der Waals surface area contributed by atoms with Gasteiger partial charge in [-0.15, -0.1) is 0 Å². The molecule has 3 N–H and O–H groups in total. The van der Waals surface area contributed by atoms with Crippen molar-refractivity contribution in [1.29, 1.82) is 0 Å². The molecule has 9 heteroatoms. The smallest absolute Gasteiger partial charge is 0.322 e. The number of anilines is 1. The molecule has 0 radical (unpaired) electrons. The van der Waals surface area contributed by atoms with Crippen LogP contribution < -0.4 is 10.6 Å². The summed E-state index contributed by atoms with van der Waals surface area (Å²) in [5.74, 6) is -1.28. The van der Waals surface area contributed by atoms with E-state index in [0.717, 1.165) is 29.5 Å². The van der Waals surface area contributed by atoms with E-state index in [4.69, 9.17) is 5.11 Å². The zero-order chi connectivity index (χ0) is 23.4. The number of carbonyl (C=O) groups is 3. The van der Waals surface area contributed by atoms with Crippen LogP contribution in [-0.2, 0) is 22.7 Å². The van der Waals surface area contributed by atoms with Crippen molar-refractivity contribution in [1.82, 2.24) is 15.1 Å². The number of benzene rings is 2. The number of piperidine rings is 1. The number of rotatable bonds is 4. The first-order chi connectivity index (χ1) is 15.9. The molecular weight excluding hydrogens is 427 g/mol. The summed E-state index contributed by atoms with van der Waals surface area (Å²) in [5.41, 5.74) is 3.58. The maximum atomic E-state index is 13.4. The third kappa shape index (κ3) is 5.31. The minimum atomic E-state index is -0.686. The number of aliphatic hydroxyl groups is 1. The number of nitrogens with zero attached hydrogens (tertiary/aromatic N) is 2. The van der Waals surface area contributed by atoms with Gasteiger partial charge < -0.3 is 25.5 Å². The van der Waals surface area contributed by atoms with E-state index in [9.17, 15) is 18.8 Å². The van der Waals surface area contributed by atoms with Crippen molar-refractivity contribution >= 4 is 23.5 Å². The maximum absolute atomic E-state index is 13.4. The van der Waals surface area contributed by atoms with Gasteiger partial charge in [-0.05, 0) is 59.7 Å². The highest BCUT2D eigenvalue weighted by Gasteiger charge is 2.28. The van der Waals surface area contributed by atoms with Crippen LogP contribution in [0.4, 0.5) is 14.9 Å². The Kier molecular flexibility index (Phi) is 6.88. The average molecular weight is 455 g/mol. The molecular formula is C24H27FN4O4. The lowest BCUT2D eigenvalue weighted by Gasteiger charge is -2.31. The van der Waals surface area contributed by atoms with E-state index in [-0.39, 0.29) is 30.9 Å². The number of aliphatic hydroxyl groups excluding tert-OH is 1. The lowest BCUT2D eigenvalue weighted by molar-refractivity contribution is -0.146. The molecule has 0 atom stereocenters. The minimum absolute atomic E-state index is 0.0627. The van der Waals surface area contributed by atoms with Crippen molar-refractivity contribution in [3.63, 3.8) is 0 Å². The molecule has 0 aromatic heterocycles. The molecule has 8 nitrogen and oxygen atoms in total. The Morgan fingerprint density at radius 2 is 1.67 bits per heavy atom. The second-order valence-corrected chi connectivity index (χ2v) is 8.37. The number of fused-ring (bicyclic) bond motifs is 1. The molecule has 4 amide bonds. The molecule has 4 rings (SSSR count). The van der Waals surface area contributed by atoms with Crippen LogP contribution in [0.15, 0.2) is 42.5 Å². The number of hydrogen-bond donors (Lipinski definition) is 3. The molecule has 0 aliphatic carbocycles. The minimum Gasteiger partial charge on any atom is -0.395 e.